The fourth-order valence-electron chi connectivity index (χ4n) is 3.73. The number of hydrogen-bond acceptors (Lipinski definition) is 3. The molecule has 0 aliphatic heterocycles. The number of carbonyl (C=O) groups is 1. The Kier molecular flexibility index (Phi) is 7.04. The molecule has 0 saturated heterocycles. The highest BCUT2D eigenvalue weighted by molar-refractivity contribution is 7.92. The molecule has 2 aromatic rings. The lowest BCUT2D eigenvalue weighted by Crippen LogP contribution is -2.47. The van der Waals surface area contributed by atoms with E-state index in [0.29, 0.717) is 12.8 Å². The van der Waals surface area contributed by atoms with E-state index in [0.717, 1.165) is 22.5 Å². The van der Waals surface area contributed by atoms with Crippen molar-refractivity contribution in [2.45, 2.75) is 42.8 Å². The van der Waals surface area contributed by atoms with Gasteiger partial charge in [-0.3, -0.25) is 9.10 Å². The molecule has 0 radical (unpaired) electrons. The summed E-state index contributed by atoms with van der Waals surface area (Å²) in [6.45, 7) is 0. The van der Waals surface area contributed by atoms with Crippen molar-refractivity contribution in [3.05, 3.63) is 58.9 Å². The van der Waals surface area contributed by atoms with E-state index in [9.17, 15) is 30.8 Å². The Balaban J connectivity index is 1.87. The first-order valence-corrected chi connectivity index (χ1v) is 11.6. The maximum Gasteiger partial charge on any atom is 0.393 e. The van der Waals surface area contributed by atoms with Gasteiger partial charge in [0, 0.05) is 13.1 Å². The van der Waals surface area contributed by atoms with Gasteiger partial charge in [0.1, 0.15) is 5.82 Å². The quantitative estimate of drug-likeness (QED) is 0.587. The number of amides is 1. The molecule has 0 bridgehead atoms. The second-order valence-corrected chi connectivity index (χ2v) is 9.98. The van der Waals surface area contributed by atoms with Gasteiger partial charge < -0.3 is 5.32 Å². The zero-order valence-corrected chi connectivity index (χ0v) is 18.6. The highest BCUT2D eigenvalue weighted by atomic mass is 35.5. The standard InChI is InChI=1S/C21H21ClF4N2O3S/c1-28(14-8-6-13(23)7-9-14)32(30,31)15-10-11-18(22)16(12-15)20(29)27-19-5-3-2-4-17(19)21(24,25)26/h6-12,17,19H,2-5H2,1H3,(H,27,29). The molecule has 5 nitrogen and oxygen atoms in total. The van der Waals surface area contributed by atoms with Gasteiger partial charge in [0.15, 0.2) is 0 Å². The van der Waals surface area contributed by atoms with Crippen molar-refractivity contribution in [2.24, 2.45) is 5.92 Å². The molecule has 2 unspecified atom stereocenters. The number of hydrogen-bond donors (Lipinski definition) is 1. The number of carbonyl (C=O) groups excluding carboxylic acids is 1. The van der Waals surface area contributed by atoms with Crippen molar-refractivity contribution in [3.63, 3.8) is 0 Å². The second kappa shape index (κ2) is 9.27. The molecule has 1 N–H and O–H groups in total. The maximum atomic E-state index is 13.3. The zero-order valence-electron chi connectivity index (χ0n) is 17.0. The van der Waals surface area contributed by atoms with Crippen LogP contribution in [0.4, 0.5) is 23.2 Å². The third kappa shape index (κ3) is 5.17. The lowest BCUT2D eigenvalue weighted by atomic mass is 9.84. The molecule has 1 saturated carbocycles. The van der Waals surface area contributed by atoms with E-state index in [1.54, 1.807) is 0 Å². The Morgan fingerprint density at radius 1 is 1.09 bits per heavy atom. The average molecular weight is 493 g/mol. The molecule has 2 aromatic carbocycles. The summed E-state index contributed by atoms with van der Waals surface area (Å²) in [5, 5.41) is 2.29. The number of benzene rings is 2. The van der Waals surface area contributed by atoms with Crippen LogP contribution in [0.2, 0.25) is 5.02 Å². The molecule has 2 atom stereocenters. The summed E-state index contributed by atoms with van der Waals surface area (Å²) in [6.07, 6.45) is -3.41. The Bertz CT molecular complexity index is 1090. The number of nitrogens with one attached hydrogen (secondary N) is 1. The Morgan fingerprint density at radius 2 is 1.72 bits per heavy atom. The molecule has 1 amide bonds. The lowest BCUT2D eigenvalue weighted by molar-refractivity contribution is -0.187. The van der Waals surface area contributed by atoms with Crippen LogP contribution in [0.5, 0.6) is 0 Å². The van der Waals surface area contributed by atoms with Gasteiger partial charge in [-0.25, -0.2) is 12.8 Å². The third-order valence-electron chi connectivity index (χ3n) is 5.53. The number of rotatable bonds is 5. The minimum atomic E-state index is -4.45. The van der Waals surface area contributed by atoms with Crippen LogP contribution in [0.25, 0.3) is 0 Å². The molecular formula is C21H21ClF4N2O3S. The second-order valence-electron chi connectivity index (χ2n) is 7.60. The van der Waals surface area contributed by atoms with E-state index in [2.05, 4.69) is 5.32 Å². The molecule has 1 aliphatic carbocycles. The number of anilines is 1. The fraction of sp³-hybridized carbons (Fsp3) is 0.381. The number of nitrogens with zero attached hydrogens (tertiary/aromatic N) is 1. The monoisotopic (exact) mass is 492 g/mol. The van der Waals surface area contributed by atoms with Crippen molar-refractivity contribution in [3.8, 4) is 0 Å². The molecule has 3 rings (SSSR count). The summed E-state index contributed by atoms with van der Waals surface area (Å²) in [7, 11) is -2.90. The summed E-state index contributed by atoms with van der Waals surface area (Å²) in [5.41, 5.74) is -0.0608. The van der Waals surface area contributed by atoms with Gasteiger partial charge >= 0.3 is 6.18 Å². The highest BCUT2D eigenvalue weighted by Crippen LogP contribution is 2.38. The summed E-state index contributed by atoms with van der Waals surface area (Å²) in [4.78, 5) is 12.5. The van der Waals surface area contributed by atoms with Gasteiger partial charge in [0.25, 0.3) is 15.9 Å². The van der Waals surface area contributed by atoms with Crippen LogP contribution in [0.15, 0.2) is 47.4 Å². The predicted molar refractivity (Wildman–Crippen MR) is 113 cm³/mol. The topological polar surface area (TPSA) is 66.5 Å². The van der Waals surface area contributed by atoms with E-state index >= 15 is 0 Å². The fourth-order valence-corrected chi connectivity index (χ4v) is 5.15. The van der Waals surface area contributed by atoms with Crippen LogP contribution < -0.4 is 9.62 Å². The van der Waals surface area contributed by atoms with Crippen LogP contribution in [-0.2, 0) is 10.0 Å². The molecule has 1 fully saturated rings. The first-order valence-electron chi connectivity index (χ1n) is 9.83. The molecule has 0 aromatic heterocycles. The van der Waals surface area contributed by atoms with Gasteiger partial charge in [-0.15, -0.1) is 0 Å². The smallest absolute Gasteiger partial charge is 0.349 e. The molecular weight excluding hydrogens is 472 g/mol. The van der Waals surface area contributed by atoms with Crippen molar-refractivity contribution in [1.29, 1.82) is 0 Å². The first kappa shape index (κ1) is 24.3. The third-order valence-corrected chi connectivity index (χ3v) is 7.65. The summed E-state index contributed by atoms with van der Waals surface area (Å²) in [6, 6.07) is 7.05. The molecule has 0 spiro atoms. The van der Waals surface area contributed by atoms with Crippen molar-refractivity contribution in [1.82, 2.24) is 5.32 Å². The van der Waals surface area contributed by atoms with Crippen LogP contribution in [0.1, 0.15) is 36.0 Å². The minimum absolute atomic E-state index is 0.0843. The van der Waals surface area contributed by atoms with Crippen molar-refractivity contribution < 1.29 is 30.8 Å². The van der Waals surface area contributed by atoms with Gasteiger partial charge in [-0.05, 0) is 55.3 Å². The molecule has 0 heterocycles. The Morgan fingerprint density at radius 3 is 2.34 bits per heavy atom. The van der Waals surface area contributed by atoms with Gasteiger partial charge in [0.05, 0.1) is 27.1 Å². The largest absolute Gasteiger partial charge is 0.393 e. The Labute approximate surface area is 188 Å². The summed E-state index contributed by atoms with van der Waals surface area (Å²) >= 11 is 6.07. The van der Waals surface area contributed by atoms with Gasteiger partial charge in [0.2, 0.25) is 0 Å². The minimum Gasteiger partial charge on any atom is -0.349 e. The predicted octanol–water partition coefficient (Wildman–Crippen LogP) is 5.16. The van der Waals surface area contributed by atoms with Crippen LogP contribution >= 0.6 is 11.6 Å². The van der Waals surface area contributed by atoms with Crippen molar-refractivity contribution in [2.75, 3.05) is 11.4 Å². The average Bonchev–Trinajstić information content (AvgIpc) is 2.73. The van der Waals surface area contributed by atoms with Crippen molar-refractivity contribution >= 4 is 33.2 Å². The number of halogens is 5. The number of sulfonamides is 1. The van der Waals surface area contributed by atoms with Crippen LogP contribution in [0, 0.1) is 11.7 Å². The lowest BCUT2D eigenvalue weighted by Gasteiger charge is -2.33. The molecule has 32 heavy (non-hydrogen) atoms. The SMILES string of the molecule is CN(c1ccc(F)cc1)S(=O)(=O)c1ccc(Cl)c(C(=O)NC2CCCCC2C(F)(F)F)c1. The van der Waals surface area contributed by atoms with Gasteiger partial charge in [-0.2, -0.15) is 13.2 Å². The summed E-state index contributed by atoms with van der Waals surface area (Å²) in [5.74, 6) is -3.09. The van der Waals surface area contributed by atoms with Crippen LogP contribution in [0.3, 0.4) is 0 Å². The van der Waals surface area contributed by atoms with Crippen LogP contribution in [-0.4, -0.2) is 33.6 Å². The van der Waals surface area contributed by atoms with Gasteiger partial charge in [-0.1, -0.05) is 24.4 Å². The normalized spacial score (nSPS) is 19.4. The maximum absolute atomic E-state index is 13.3. The molecule has 11 heteroatoms. The highest BCUT2D eigenvalue weighted by Gasteiger charge is 2.46. The zero-order chi connectivity index (χ0) is 23.7. The molecule has 174 valence electrons. The Hall–Kier alpha value is -2.33. The van der Waals surface area contributed by atoms with E-state index in [1.165, 1.54) is 31.3 Å². The van der Waals surface area contributed by atoms with E-state index in [4.69, 9.17) is 11.6 Å². The molecule has 1 aliphatic rings. The number of alkyl halides is 3. The van der Waals surface area contributed by atoms with E-state index in [1.807, 2.05) is 0 Å². The summed E-state index contributed by atoms with van der Waals surface area (Å²) < 4.78 is 80.0. The first-order chi connectivity index (χ1) is 14.9. The van der Waals surface area contributed by atoms with E-state index < -0.39 is 39.9 Å². The van der Waals surface area contributed by atoms with E-state index in [-0.39, 0.29) is 34.0 Å².